The van der Waals surface area contributed by atoms with E-state index in [0.29, 0.717) is 6.54 Å². The Hall–Kier alpha value is -2.69. The Labute approximate surface area is 150 Å². The summed E-state index contributed by atoms with van der Waals surface area (Å²) >= 11 is 0. The molecule has 0 aliphatic rings. The van der Waals surface area contributed by atoms with Gasteiger partial charge in [0.2, 0.25) is 0 Å². The molecule has 2 aromatic rings. The number of benzene rings is 2. The maximum Gasteiger partial charge on any atom is 0.191 e. The van der Waals surface area contributed by atoms with Gasteiger partial charge in [-0.15, -0.1) is 0 Å². The molecule has 0 fully saturated rings. The molecule has 0 saturated carbocycles. The Kier molecular flexibility index (Phi) is 7.14. The monoisotopic (exact) mass is 341 g/mol. The number of rotatable bonds is 7. The van der Waals surface area contributed by atoms with Crippen molar-refractivity contribution in [1.29, 1.82) is 0 Å². The van der Waals surface area contributed by atoms with Crippen molar-refractivity contribution in [3.63, 3.8) is 0 Å². The van der Waals surface area contributed by atoms with E-state index < -0.39 is 0 Å². The molecule has 0 atom stereocenters. The fraction of sp³-hybridized carbons (Fsp3) is 0.350. The van der Waals surface area contributed by atoms with Crippen molar-refractivity contribution in [2.45, 2.75) is 19.9 Å². The van der Waals surface area contributed by atoms with Gasteiger partial charge in [0.15, 0.2) is 5.96 Å². The van der Waals surface area contributed by atoms with E-state index in [1.807, 2.05) is 18.2 Å². The molecule has 0 heterocycles. The van der Waals surface area contributed by atoms with Crippen LogP contribution in [0.3, 0.4) is 0 Å². The van der Waals surface area contributed by atoms with E-state index in [9.17, 15) is 0 Å². The Bertz CT molecular complexity index is 714. The molecule has 5 nitrogen and oxygen atoms in total. The summed E-state index contributed by atoms with van der Waals surface area (Å²) < 4.78 is 10.7. The molecule has 0 bridgehead atoms. The van der Waals surface area contributed by atoms with Crippen LogP contribution in [0.2, 0.25) is 0 Å². The number of guanidine groups is 1. The standard InChI is InChI=1S/C20H27N3O2/c1-15-8-9-17(19(12-15)25-4)14-23-20(21-2)22-11-10-16-6-5-7-18(13-16)24-3/h5-9,12-13H,10-11,14H2,1-4H3,(H2,21,22,23). The minimum Gasteiger partial charge on any atom is -0.497 e. The molecule has 2 N–H and O–H groups in total. The van der Waals surface area contributed by atoms with E-state index in [1.165, 1.54) is 11.1 Å². The van der Waals surface area contributed by atoms with E-state index in [4.69, 9.17) is 9.47 Å². The number of nitrogens with zero attached hydrogens (tertiary/aromatic N) is 1. The third-order valence-corrected chi connectivity index (χ3v) is 3.95. The zero-order chi connectivity index (χ0) is 18.1. The van der Waals surface area contributed by atoms with Gasteiger partial charge >= 0.3 is 0 Å². The molecule has 25 heavy (non-hydrogen) atoms. The van der Waals surface area contributed by atoms with Gasteiger partial charge in [-0.3, -0.25) is 4.99 Å². The number of ether oxygens (including phenoxy) is 2. The van der Waals surface area contributed by atoms with Crippen molar-refractivity contribution in [3.8, 4) is 11.5 Å². The van der Waals surface area contributed by atoms with Crippen molar-refractivity contribution in [3.05, 3.63) is 59.2 Å². The summed E-state index contributed by atoms with van der Waals surface area (Å²) in [7, 11) is 5.15. The summed E-state index contributed by atoms with van der Waals surface area (Å²) in [4.78, 5) is 4.27. The van der Waals surface area contributed by atoms with E-state index in [1.54, 1.807) is 21.3 Å². The fourth-order valence-electron chi connectivity index (χ4n) is 2.55. The van der Waals surface area contributed by atoms with Crippen LogP contribution in [0.4, 0.5) is 0 Å². The molecule has 134 valence electrons. The maximum absolute atomic E-state index is 5.44. The van der Waals surface area contributed by atoms with Crippen LogP contribution in [0.15, 0.2) is 47.5 Å². The molecule has 0 aromatic heterocycles. The molecule has 0 unspecified atom stereocenters. The molecule has 0 aliphatic carbocycles. The predicted molar refractivity (Wildman–Crippen MR) is 103 cm³/mol. The van der Waals surface area contributed by atoms with Gasteiger partial charge < -0.3 is 20.1 Å². The van der Waals surface area contributed by atoms with E-state index in [0.717, 1.165) is 36.0 Å². The Morgan fingerprint density at radius 3 is 2.60 bits per heavy atom. The van der Waals surface area contributed by atoms with Crippen LogP contribution in [0, 0.1) is 6.92 Å². The van der Waals surface area contributed by atoms with Crippen molar-refractivity contribution in [1.82, 2.24) is 10.6 Å². The first-order valence-corrected chi connectivity index (χ1v) is 8.37. The van der Waals surface area contributed by atoms with Crippen LogP contribution < -0.4 is 20.1 Å². The highest BCUT2D eigenvalue weighted by atomic mass is 16.5. The van der Waals surface area contributed by atoms with E-state index in [2.05, 4.69) is 46.8 Å². The molecular formula is C20H27N3O2. The largest absolute Gasteiger partial charge is 0.497 e. The normalized spacial score (nSPS) is 11.1. The first-order valence-electron chi connectivity index (χ1n) is 8.37. The fourth-order valence-corrected chi connectivity index (χ4v) is 2.55. The van der Waals surface area contributed by atoms with Crippen LogP contribution in [-0.2, 0) is 13.0 Å². The maximum atomic E-state index is 5.44. The molecule has 0 amide bonds. The van der Waals surface area contributed by atoms with Crippen molar-refractivity contribution >= 4 is 5.96 Å². The van der Waals surface area contributed by atoms with Gasteiger partial charge in [0.05, 0.1) is 14.2 Å². The Balaban J connectivity index is 1.84. The SMILES string of the molecule is CN=C(NCCc1cccc(OC)c1)NCc1ccc(C)cc1OC. The van der Waals surface area contributed by atoms with E-state index >= 15 is 0 Å². The van der Waals surface area contributed by atoms with Crippen LogP contribution in [0.1, 0.15) is 16.7 Å². The third kappa shape index (κ3) is 5.71. The topological polar surface area (TPSA) is 54.9 Å². The number of hydrogen-bond acceptors (Lipinski definition) is 3. The average molecular weight is 341 g/mol. The first-order chi connectivity index (χ1) is 12.2. The van der Waals surface area contributed by atoms with Crippen LogP contribution >= 0.6 is 0 Å². The lowest BCUT2D eigenvalue weighted by atomic mass is 10.1. The summed E-state index contributed by atoms with van der Waals surface area (Å²) in [5, 5.41) is 6.65. The van der Waals surface area contributed by atoms with Crippen LogP contribution in [0.5, 0.6) is 11.5 Å². The summed E-state index contributed by atoms with van der Waals surface area (Å²) in [5.41, 5.74) is 3.51. The zero-order valence-electron chi connectivity index (χ0n) is 15.4. The highest BCUT2D eigenvalue weighted by Crippen LogP contribution is 2.19. The quantitative estimate of drug-likeness (QED) is 0.601. The van der Waals surface area contributed by atoms with Crippen LogP contribution in [-0.4, -0.2) is 33.8 Å². The minimum absolute atomic E-state index is 0.655. The van der Waals surface area contributed by atoms with Gasteiger partial charge in [-0.05, 0) is 42.7 Å². The van der Waals surface area contributed by atoms with Crippen molar-refractivity contribution < 1.29 is 9.47 Å². The number of aryl methyl sites for hydroxylation is 1. The molecule has 0 aliphatic heterocycles. The lowest BCUT2D eigenvalue weighted by Crippen LogP contribution is -2.37. The van der Waals surface area contributed by atoms with Gasteiger partial charge in [0.1, 0.15) is 11.5 Å². The third-order valence-electron chi connectivity index (χ3n) is 3.95. The van der Waals surface area contributed by atoms with Gasteiger partial charge in [-0.25, -0.2) is 0 Å². The van der Waals surface area contributed by atoms with Gasteiger partial charge in [0, 0.05) is 25.7 Å². The van der Waals surface area contributed by atoms with Crippen molar-refractivity contribution in [2.24, 2.45) is 4.99 Å². The summed E-state index contributed by atoms with van der Waals surface area (Å²) in [6.45, 7) is 3.50. The highest BCUT2D eigenvalue weighted by Gasteiger charge is 2.05. The first kappa shape index (κ1) is 18.6. The molecule has 0 radical (unpaired) electrons. The smallest absolute Gasteiger partial charge is 0.191 e. The molecule has 2 aromatic carbocycles. The number of methoxy groups -OCH3 is 2. The summed E-state index contributed by atoms with van der Waals surface area (Å²) in [5.74, 6) is 2.54. The molecule has 0 saturated heterocycles. The summed E-state index contributed by atoms with van der Waals surface area (Å²) in [6, 6.07) is 14.3. The van der Waals surface area contributed by atoms with Crippen LogP contribution in [0.25, 0.3) is 0 Å². The molecule has 5 heteroatoms. The second-order valence-corrected chi connectivity index (χ2v) is 5.77. The minimum atomic E-state index is 0.655. The molecular weight excluding hydrogens is 314 g/mol. The van der Waals surface area contributed by atoms with E-state index in [-0.39, 0.29) is 0 Å². The summed E-state index contributed by atoms with van der Waals surface area (Å²) in [6.07, 6.45) is 0.895. The number of hydrogen-bond donors (Lipinski definition) is 2. The number of nitrogens with one attached hydrogen (secondary N) is 2. The molecule has 2 rings (SSSR count). The zero-order valence-corrected chi connectivity index (χ0v) is 15.4. The lowest BCUT2D eigenvalue weighted by molar-refractivity contribution is 0.408. The second-order valence-electron chi connectivity index (χ2n) is 5.77. The average Bonchev–Trinajstić information content (AvgIpc) is 2.65. The second kappa shape index (κ2) is 9.57. The lowest BCUT2D eigenvalue weighted by Gasteiger charge is -2.14. The van der Waals surface area contributed by atoms with Gasteiger partial charge in [-0.1, -0.05) is 24.3 Å². The number of aliphatic imine (C=N–C) groups is 1. The highest BCUT2D eigenvalue weighted by molar-refractivity contribution is 5.79. The Morgan fingerprint density at radius 1 is 1.04 bits per heavy atom. The Morgan fingerprint density at radius 2 is 1.88 bits per heavy atom. The van der Waals surface area contributed by atoms with Gasteiger partial charge in [0.25, 0.3) is 0 Å². The predicted octanol–water partition coefficient (Wildman–Crippen LogP) is 2.92. The van der Waals surface area contributed by atoms with Crippen molar-refractivity contribution in [2.75, 3.05) is 27.8 Å². The van der Waals surface area contributed by atoms with Gasteiger partial charge in [-0.2, -0.15) is 0 Å². The molecule has 0 spiro atoms.